The van der Waals surface area contributed by atoms with E-state index < -0.39 is 5.97 Å². The molecule has 3 N–H and O–H groups in total. The molecule has 18 heavy (non-hydrogen) atoms. The van der Waals surface area contributed by atoms with Crippen molar-refractivity contribution in [3.63, 3.8) is 0 Å². The van der Waals surface area contributed by atoms with Gasteiger partial charge in [-0.3, -0.25) is 5.10 Å². The summed E-state index contributed by atoms with van der Waals surface area (Å²) in [6, 6.07) is 6.86. The van der Waals surface area contributed by atoms with E-state index in [1.54, 1.807) is 18.2 Å². The molecular formula is C13H15N3O2. The zero-order chi connectivity index (χ0) is 13.1. The Morgan fingerprint density at radius 1 is 1.39 bits per heavy atom. The first-order valence-electron chi connectivity index (χ1n) is 5.66. The zero-order valence-corrected chi connectivity index (χ0v) is 10.3. The van der Waals surface area contributed by atoms with Gasteiger partial charge in [0.15, 0.2) is 0 Å². The van der Waals surface area contributed by atoms with Gasteiger partial charge in [0.1, 0.15) is 0 Å². The van der Waals surface area contributed by atoms with Gasteiger partial charge in [0.25, 0.3) is 0 Å². The van der Waals surface area contributed by atoms with E-state index in [1.165, 1.54) is 0 Å². The van der Waals surface area contributed by atoms with E-state index in [9.17, 15) is 4.79 Å². The molecule has 0 amide bonds. The highest BCUT2D eigenvalue weighted by molar-refractivity contribution is 5.94. The van der Waals surface area contributed by atoms with Crippen molar-refractivity contribution >= 4 is 11.7 Å². The third kappa shape index (κ3) is 2.34. The molecule has 0 aliphatic heterocycles. The van der Waals surface area contributed by atoms with E-state index in [-0.39, 0.29) is 5.56 Å². The van der Waals surface area contributed by atoms with Gasteiger partial charge in [-0.05, 0) is 26.0 Å². The lowest BCUT2D eigenvalue weighted by molar-refractivity contribution is 0.0698. The van der Waals surface area contributed by atoms with Crippen LogP contribution in [0, 0.1) is 13.8 Å². The number of nitrogens with zero attached hydrogens (tertiary/aromatic N) is 1. The van der Waals surface area contributed by atoms with Crippen LogP contribution in [-0.2, 0) is 6.54 Å². The van der Waals surface area contributed by atoms with Crippen LogP contribution in [0.4, 0.5) is 5.69 Å². The van der Waals surface area contributed by atoms with Crippen LogP contribution in [0.15, 0.2) is 24.3 Å². The van der Waals surface area contributed by atoms with Crippen LogP contribution in [0.2, 0.25) is 0 Å². The number of aromatic amines is 1. The molecule has 0 spiro atoms. The molecule has 0 saturated carbocycles. The number of aromatic nitrogens is 2. The number of carboxylic acids is 1. The van der Waals surface area contributed by atoms with Crippen LogP contribution in [-0.4, -0.2) is 21.3 Å². The van der Waals surface area contributed by atoms with Crippen molar-refractivity contribution in [3.8, 4) is 0 Å². The van der Waals surface area contributed by atoms with Gasteiger partial charge in [-0.25, -0.2) is 4.79 Å². The van der Waals surface area contributed by atoms with Crippen LogP contribution in [0.5, 0.6) is 0 Å². The van der Waals surface area contributed by atoms with E-state index in [1.807, 2.05) is 19.9 Å². The molecule has 1 aromatic carbocycles. The number of hydrogen-bond acceptors (Lipinski definition) is 3. The van der Waals surface area contributed by atoms with Gasteiger partial charge in [0.05, 0.1) is 11.3 Å². The van der Waals surface area contributed by atoms with Crippen molar-refractivity contribution in [2.24, 2.45) is 0 Å². The lowest BCUT2D eigenvalue weighted by Crippen LogP contribution is -2.07. The number of carboxylic acid groups (broad SMARTS) is 1. The minimum absolute atomic E-state index is 0.274. The molecule has 1 heterocycles. The highest BCUT2D eigenvalue weighted by Gasteiger charge is 2.10. The average molecular weight is 245 g/mol. The summed E-state index contributed by atoms with van der Waals surface area (Å²) in [7, 11) is 0. The smallest absolute Gasteiger partial charge is 0.337 e. The highest BCUT2D eigenvalue weighted by atomic mass is 16.4. The Labute approximate surface area is 105 Å². The Morgan fingerprint density at radius 2 is 2.11 bits per heavy atom. The Bertz CT molecular complexity index is 556. The van der Waals surface area contributed by atoms with Crippen molar-refractivity contribution in [2.45, 2.75) is 20.4 Å². The zero-order valence-electron chi connectivity index (χ0n) is 10.3. The van der Waals surface area contributed by atoms with Gasteiger partial charge in [-0.1, -0.05) is 12.1 Å². The van der Waals surface area contributed by atoms with Crippen molar-refractivity contribution in [3.05, 3.63) is 46.8 Å². The summed E-state index contributed by atoms with van der Waals surface area (Å²) in [4.78, 5) is 11.1. The fourth-order valence-electron chi connectivity index (χ4n) is 1.84. The van der Waals surface area contributed by atoms with Crippen molar-refractivity contribution in [1.82, 2.24) is 10.2 Å². The van der Waals surface area contributed by atoms with Gasteiger partial charge in [-0.2, -0.15) is 5.10 Å². The van der Waals surface area contributed by atoms with E-state index in [0.717, 1.165) is 17.0 Å². The minimum atomic E-state index is -0.932. The van der Waals surface area contributed by atoms with Gasteiger partial charge >= 0.3 is 5.97 Å². The van der Waals surface area contributed by atoms with Crippen molar-refractivity contribution < 1.29 is 9.90 Å². The Hall–Kier alpha value is -2.30. The molecule has 5 heteroatoms. The molecule has 0 bridgehead atoms. The molecule has 0 aliphatic rings. The predicted molar refractivity (Wildman–Crippen MR) is 68.8 cm³/mol. The van der Waals surface area contributed by atoms with Gasteiger partial charge in [0, 0.05) is 23.5 Å². The average Bonchev–Trinajstić information content (AvgIpc) is 2.67. The number of nitrogens with one attached hydrogen (secondary N) is 2. The lowest BCUT2D eigenvalue weighted by Gasteiger charge is -2.09. The summed E-state index contributed by atoms with van der Waals surface area (Å²) >= 11 is 0. The second-order valence-corrected chi connectivity index (χ2v) is 4.12. The SMILES string of the molecule is Cc1n[nH]c(C)c1CNc1ccccc1C(=O)O. The molecule has 94 valence electrons. The normalized spacial score (nSPS) is 10.3. The van der Waals surface area contributed by atoms with E-state index >= 15 is 0 Å². The van der Waals surface area contributed by atoms with Crippen molar-refractivity contribution in [2.75, 3.05) is 5.32 Å². The molecule has 1 aromatic heterocycles. The number of benzene rings is 1. The molecule has 5 nitrogen and oxygen atoms in total. The summed E-state index contributed by atoms with van der Waals surface area (Å²) in [6.45, 7) is 4.42. The molecule has 0 atom stereocenters. The third-order valence-electron chi connectivity index (χ3n) is 2.89. The maximum Gasteiger partial charge on any atom is 0.337 e. The first-order chi connectivity index (χ1) is 8.59. The summed E-state index contributed by atoms with van der Waals surface area (Å²) in [5.74, 6) is -0.932. The predicted octanol–water partition coefficient (Wildman–Crippen LogP) is 2.34. The van der Waals surface area contributed by atoms with Crippen LogP contribution < -0.4 is 5.32 Å². The van der Waals surface area contributed by atoms with Crippen molar-refractivity contribution in [1.29, 1.82) is 0 Å². The summed E-state index contributed by atoms with van der Waals surface area (Å²) < 4.78 is 0. The van der Waals surface area contributed by atoms with Crippen LogP contribution in [0.1, 0.15) is 27.3 Å². The number of H-pyrrole nitrogens is 1. The van der Waals surface area contributed by atoms with Gasteiger partial charge in [-0.15, -0.1) is 0 Å². The summed E-state index contributed by atoms with van der Waals surface area (Å²) in [5, 5.41) is 19.2. The lowest BCUT2D eigenvalue weighted by atomic mass is 10.1. The van der Waals surface area contributed by atoms with Crippen LogP contribution in [0.3, 0.4) is 0 Å². The second kappa shape index (κ2) is 4.91. The molecule has 0 unspecified atom stereocenters. The molecule has 0 saturated heterocycles. The Kier molecular flexibility index (Phi) is 3.32. The topological polar surface area (TPSA) is 78.0 Å². The largest absolute Gasteiger partial charge is 0.478 e. The fourth-order valence-corrected chi connectivity index (χ4v) is 1.84. The number of carbonyl (C=O) groups is 1. The van der Waals surface area contributed by atoms with E-state index in [0.29, 0.717) is 12.2 Å². The number of para-hydroxylation sites is 1. The standard InChI is InChI=1S/C13H15N3O2/c1-8-11(9(2)16-15-8)7-14-12-6-4-3-5-10(12)13(17)18/h3-6,14H,7H2,1-2H3,(H,15,16)(H,17,18). The fraction of sp³-hybridized carbons (Fsp3) is 0.231. The number of rotatable bonds is 4. The highest BCUT2D eigenvalue weighted by Crippen LogP contribution is 2.17. The molecular weight excluding hydrogens is 230 g/mol. The van der Waals surface area contributed by atoms with Gasteiger partial charge < -0.3 is 10.4 Å². The Morgan fingerprint density at radius 3 is 2.72 bits per heavy atom. The second-order valence-electron chi connectivity index (χ2n) is 4.12. The Balaban J connectivity index is 2.18. The van der Waals surface area contributed by atoms with Crippen LogP contribution in [0.25, 0.3) is 0 Å². The molecule has 0 fully saturated rings. The first-order valence-corrected chi connectivity index (χ1v) is 5.66. The molecule has 2 rings (SSSR count). The molecule has 2 aromatic rings. The number of aromatic carboxylic acids is 1. The minimum Gasteiger partial charge on any atom is -0.478 e. The molecule has 0 aliphatic carbocycles. The van der Waals surface area contributed by atoms with E-state index in [4.69, 9.17) is 5.11 Å². The number of hydrogen-bond donors (Lipinski definition) is 3. The van der Waals surface area contributed by atoms with Gasteiger partial charge in [0.2, 0.25) is 0 Å². The summed E-state index contributed by atoms with van der Waals surface area (Å²) in [5.41, 5.74) is 3.87. The number of anilines is 1. The monoisotopic (exact) mass is 245 g/mol. The maximum absolute atomic E-state index is 11.1. The summed E-state index contributed by atoms with van der Waals surface area (Å²) in [6.07, 6.45) is 0. The molecule has 0 radical (unpaired) electrons. The van der Waals surface area contributed by atoms with E-state index in [2.05, 4.69) is 15.5 Å². The number of aryl methyl sites for hydroxylation is 2. The first kappa shape index (κ1) is 12.2. The maximum atomic E-state index is 11.1. The van der Waals surface area contributed by atoms with Crippen LogP contribution >= 0.6 is 0 Å². The quantitative estimate of drug-likeness (QED) is 0.772. The third-order valence-corrected chi connectivity index (χ3v) is 2.89.